The number of carbonyl (C=O) groups excluding carboxylic acids is 1. The van der Waals surface area contributed by atoms with Crippen LogP contribution < -0.4 is 0 Å². The van der Waals surface area contributed by atoms with Crippen molar-refractivity contribution >= 4 is 6.29 Å². The zero-order valence-corrected chi connectivity index (χ0v) is 15.6. The van der Waals surface area contributed by atoms with Crippen molar-refractivity contribution in [2.75, 3.05) is 0 Å². The van der Waals surface area contributed by atoms with Crippen LogP contribution in [0.15, 0.2) is 0 Å². The highest BCUT2D eigenvalue weighted by molar-refractivity contribution is 5.56. The number of hydrogen-bond donors (Lipinski definition) is 0. The van der Waals surface area contributed by atoms with Crippen LogP contribution in [0.4, 0.5) is 0 Å². The molecule has 0 amide bonds. The molecule has 1 unspecified atom stereocenters. The molecular formula is C22H38O2. The molecule has 0 aromatic carbocycles. The van der Waals surface area contributed by atoms with Crippen molar-refractivity contribution in [1.29, 1.82) is 0 Å². The number of ether oxygens (including phenoxy) is 1. The molecule has 3 aliphatic rings. The third kappa shape index (κ3) is 5.86. The first-order valence-corrected chi connectivity index (χ1v) is 10.9. The second-order valence-electron chi connectivity index (χ2n) is 8.93. The Balaban J connectivity index is 1.35. The second-order valence-corrected chi connectivity index (χ2v) is 8.93. The Hall–Kier alpha value is -0.370. The lowest BCUT2D eigenvalue weighted by molar-refractivity contribution is -0.125. The lowest BCUT2D eigenvalue weighted by Gasteiger charge is -2.34. The maximum atomic E-state index is 11.5. The fraction of sp³-hybridized carbons (Fsp3) is 0.955. The van der Waals surface area contributed by atoms with Crippen LogP contribution in [0.2, 0.25) is 0 Å². The van der Waals surface area contributed by atoms with Crippen LogP contribution >= 0.6 is 0 Å². The van der Waals surface area contributed by atoms with Gasteiger partial charge in [0, 0.05) is 0 Å². The molecular weight excluding hydrogens is 296 g/mol. The SMILES string of the molecule is O=CC(CC1CCCCC1)OC1CCC(CC2CCCCC2)CC1. The smallest absolute Gasteiger partial charge is 0.148 e. The number of hydrogen-bond acceptors (Lipinski definition) is 2. The summed E-state index contributed by atoms with van der Waals surface area (Å²) in [6.45, 7) is 0. The van der Waals surface area contributed by atoms with Crippen LogP contribution in [0.25, 0.3) is 0 Å². The van der Waals surface area contributed by atoms with Crippen LogP contribution in [0.5, 0.6) is 0 Å². The molecule has 0 aromatic heterocycles. The van der Waals surface area contributed by atoms with Crippen molar-refractivity contribution < 1.29 is 9.53 Å². The van der Waals surface area contributed by atoms with Gasteiger partial charge < -0.3 is 9.53 Å². The van der Waals surface area contributed by atoms with Crippen LogP contribution in [-0.4, -0.2) is 18.5 Å². The second kappa shape index (κ2) is 9.94. The van der Waals surface area contributed by atoms with E-state index in [9.17, 15) is 4.79 Å². The van der Waals surface area contributed by atoms with Gasteiger partial charge in [-0.3, -0.25) is 0 Å². The van der Waals surface area contributed by atoms with E-state index in [0.717, 1.165) is 30.5 Å². The molecule has 0 bridgehead atoms. The van der Waals surface area contributed by atoms with E-state index in [1.54, 1.807) is 0 Å². The molecule has 0 N–H and O–H groups in total. The molecule has 0 spiro atoms. The Labute approximate surface area is 149 Å². The highest BCUT2D eigenvalue weighted by atomic mass is 16.5. The zero-order valence-electron chi connectivity index (χ0n) is 15.6. The van der Waals surface area contributed by atoms with Gasteiger partial charge in [-0.05, 0) is 56.3 Å². The van der Waals surface area contributed by atoms with E-state index in [2.05, 4.69) is 0 Å². The maximum absolute atomic E-state index is 11.5. The van der Waals surface area contributed by atoms with Crippen LogP contribution in [-0.2, 0) is 9.53 Å². The van der Waals surface area contributed by atoms with Gasteiger partial charge in [-0.2, -0.15) is 0 Å². The Morgan fingerprint density at radius 3 is 1.83 bits per heavy atom. The largest absolute Gasteiger partial charge is 0.368 e. The Bertz CT molecular complexity index is 347. The lowest BCUT2D eigenvalue weighted by Crippen LogP contribution is -2.30. The third-order valence-corrected chi connectivity index (χ3v) is 6.99. The average molecular weight is 335 g/mol. The van der Waals surface area contributed by atoms with Crippen LogP contribution in [0, 0.1) is 17.8 Å². The van der Waals surface area contributed by atoms with Crippen molar-refractivity contribution in [1.82, 2.24) is 0 Å². The van der Waals surface area contributed by atoms with Crippen molar-refractivity contribution in [2.24, 2.45) is 17.8 Å². The van der Waals surface area contributed by atoms with Gasteiger partial charge in [0.1, 0.15) is 12.4 Å². The van der Waals surface area contributed by atoms with Crippen molar-refractivity contribution in [3.8, 4) is 0 Å². The fourth-order valence-corrected chi connectivity index (χ4v) is 5.54. The van der Waals surface area contributed by atoms with Gasteiger partial charge in [0.05, 0.1) is 6.10 Å². The van der Waals surface area contributed by atoms with Gasteiger partial charge in [-0.1, -0.05) is 64.2 Å². The Morgan fingerprint density at radius 1 is 0.708 bits per heavy atom. The summed E-state index contributed by atoms with van der Waals surface area (Å²) in [6, 6.07) is 0. The average Bonchev–Trinajstić information content (AvgIpc) is 2.64. The first-order chi connectivity index (χ1) is 11.8. The van der Waals surface area contributed by atoms with E-state index in [1.165, 1.54) is 96.3 Å². The molecule has 3 saturated carbocycles. The van der Waals surface area contributed by atoms with E-state index in [1.807, 2.05) is 0 Å². The number of rotatable bonds is 7. The predicted octanol–water partition coefficient (Wildman–Crippen LogP) is 6.07. The van der Waals surface area contributed by atoms with E-state index in [0.29, 0.717) is 6.10 Å². The minimum absolute atomic E-state index is 0.131. The molecule has 0 radical (unpaired) electrons. The maximum Gasteiger partial charge on any atom is 0.148 e. The summed E-state index contributed by atoms with van der Waals surface area (Å²) in [5.74, 6) is 2.67. The predicted molar refractivity (Wildman–Crippen MR) is 99.1 cm³/mol. The molecule has 138 valence electrons. The van der Waals surface area contributed by atoms with E-state index in [-0.39, 0.29) is 6.10 Å². The van der Waals surface area contributed by atoms with Crippen molar-refractivity contribution in [3.05, 3.63) is 0 Å². The molecule has 0 aliphatic heterocycles. The first kappa shape index (κ1) is 18.4. The summed E-state index contributed by atoms with van der Waals surface area (Å²) in [4.78, 5) is 11.5. The third-order valence-electron chi connectivity index (χ3n) is 6.99. The van der Waals surface area contributed by atoms with Crippen molar-refractivity contribution in [3.63, 3.8) is 0 Å². The van der Waals surface area contributed by atoms with Gasteiger partial charge >= 0.3 is 0 Å². The number of aldehydes is 1. The first-order valence-electron chi connectivity index (χ1n) is 10.9. The van der Waals surface area contributed by atoms with Gasteiger partial charge in [0.25, 0.3) is 0 Å². The summed E-state index contributed by atoms with van der Waals surface area (Å²) < 4.78 is 6.21. The van der Waals surface area contributed by atoms with E-state index < -0.39 is 0 Å². The molecule has 3 fully saturated rings. The quantitative estimate of drug-likeness (QED) is 0.528. The molecule has 24 heavy (non-hydrogen) atoms. The zero-order chi connectivity index (χ0) is 16.6. The fourth-order valence-electron chi connectivity index (χ4n) is 5.54. The summed E-state index contributed by atoms with van der Waals surface area (Å²) in [5.41, 5.74) is 0. The monoisotopic (exact) mass is 334 g/mol. The molecule has 0 aromatic rings. The van der Waals surface area contributed by atoms with E-state index in [4.69, 9.17) is 4.74 Å². The molecule has 3 rings (SSSR count). The highest BCUT2D eigenvalue weighted by Crippen LogP contribution is 2.36. The van der Waals surface area contributed by atoms with Crippen LogP contribution in [0.1, 0.15) is 103 Å². The van der Waals surface area contributed by atoms with Gasteiger partial charge in [0.15, 0.2) is 0 Å². The normalized spacial score (nSPS) is 31.7. The Morgan fingerprint density at radius 2 is 1.25 bits per heavy atom. The highest BCUT2D eigenvalue weighted by Gasteiger charge is 2.27. The molecule has 2 heteroatoms. The minimum Gasteiger partial charge on any atom is -0.368 e. The number of carbonyl (C=O) groups is 1. The molecule has 0 heterocycles. The molecule has 1 atom stereocenters. The summed E-state index contributed by atoms with van der Waals surface area (Å²) in [5, 5.41) is 0. The van der Waals surface area contributed by atoms with Crippen LogP contribution in [0.3, 0.4) is 0 Å². The van der Waals surface area contributed by atoms with Gasteiger partial charge in [-0.25, -0.2) is 0 Å². The summed E-state index contributed by atoms with van der Waals surface area (Å²) in [6.07, 6.45) is 22.8. The van der Waals surface area contributed by atoms with E-state index >= 15 is 0 Å². The summed E-state index contributed by atoms with van der Waals surface area (Å²) in [7, 11) is 0. The van der Waals surface area contributed by atoms with Gasteiger partial charge in [0.2, 0.25) is 0 Å². The lowest BCUT2D eigenvalue weighted by atomic mass is 9.77. The molecule has 0 saturated heterocycles. The Kier molecular flexibility index (Phi) is 7.63. The topological polar surface area (TPSA) is 26.3 Å². The standard InChI is InChI=1S/C22H38O2/c23-17-22(16-19-9-5-2-6-10-19)24-21-13-11-20(12-14-21)15-18-7-3-1-4-8-18/h17-22H,1-16H2. The minimum atomic E-state index is -0.131. The molecule has 2 nitrogen and oxygen atoms in total. The summed E-state index contributed by atoms with van der Waals surface area (Å²) >= 11 is 0. The van der Waals surface area contributed by atoms with Gasteiger partial charge in [-0.15, -0.1) is 0 Å². The molecule has 3 aliphatic carbocycles. The van der Waals surface area contributed by atoms with Crippen molar-refractivity contribution in [2.45, 2.75) is 115 Å².